The molecule has 0 aliphatic heterocycles. The second kappa shape index (κ2) is 42.0. The van der Waals surface area contributed by atoms with Gasteiger partial charge in [-0.1, -0.05) is 192 Å². The zero-order valence-corrected chi connectivity index (χ0v) is 64.3. The lowest BCUT2D eigenvalue weighted by Crippen LogP contribution is -2.25. The first-order chi connectivity index (χ1) is 50.8. The highest BCUT2D eigenvalue weighted by Gasteiger charge is 2.39. The van der Waals surface area contributed by atoms with Crippen LogP contribution < -0.4 is 18.9 Å². The number of unbranched alkanes of at least 4 members (excludes halogenated alkanes) is 3. The third-order valence-electron chi connectivity index (χ3n) is 27.1. The lowest BCUT2D eigenvalue weighted by atomic mass is 9.68. The molecule has 8 aliphatic rings. The smallest absolute Gasteiger partial charge is 0.406 e. The van der Waals surface area contributed by atoms with Gasteiger partial charge in [0.2, 0.25) is 0 Å². The van der Waals surface area contributed by atoms with Gasteiger partial charge in [-0.05, 0) is 320 Å². The largest absolute Gasteiger partial charge is 0.573 e. The lowest BCUT2D eigenvalue weighted by molar-refractivity contribution is -0.275. The van der Waals surface area contributed by atoms with E-state index in [4.69, 9.17) is 0 Å². The Balaban J connectivity index is 0.000000164. The summed E-state index contributed by atoms with van der Waals surface area (Å²) in [7, 11) is 0. The van der Waals surface area contributed by atoms with Gasteiger partial charge in [0.05, 0.1) is 0 Å². The minimum Gasteiger partial charge on any atom is -0.406 e. The molecule has 4 aromatic rings. The van der Waals surface area contributed by atoms with Gasteiger partial charge in [0.25, 0.3) is 0 Å². The molecule has 0 amide bonds. The number of hydrogen-bond donors (Lipinski definition) is 0. The minimum absolute atomic E-state index is 0.124. The summed E-state index contributed by atoms with van der Waals surface area (Å²) in [6.45, 7) is 9.15. The number of alkyl halides is 12. The Morgan fingerprint density at radius 1 is 0.226 bits per heavy atom. The van der Waals surface area contributed by atoms with Crippen LogP contribution in [-0.2, 0) is 0 Å². The Labute approximate surface area is 628 Å². The summed E-state index contributed by atoms with van der Waals surface area (Å²) >= 11 is 0. The van der Waals surface area contributed by atoms with Crippen LogP contribution in [0.3, 0.4) is 0 Å². The molecule has 12 rings (SSSR count). The molecule has 0 N–H and O–H groups in total. The van der Waals surface area contributed by atoms with Crippen molar-refractivity contribution < 1.29 is 71.6 Å². The van der Waals surface area contributed by atoms with Gasteiger partial charge in [0.15, 0.2) is 0 Å². The molecule has 4 aromatic carbocycles. The normalized spacial score (nSPS) is 29.8. The van der Waals surface area contributed by atoms with Crippen molar-refractivity contribution in [3.05, 3.63) is 119 Å². The third-order valence-corrected chi connectivity index (χ3v) is 27.1. The van der Waals surface area contributed by atoms with Gasteiger partial charge < -0.3 is 18.9 Å². The minimum atomic E-state index is -4.62. The van der Waals surface area contributed by atoms with Crippen LogP contribution in [0, 0.1) is 71.0 Å². The van der Waals surface area contributed by atoms with Gasteiger partial charge in [0.1, 0.15) is 23.0 Å². The van der Waals surface area contributed by atoms with Gasteiger partial charge in [-0.25, -0.2) is 0 Å². The number of hydrogen-bond acceptors (Lipinski definition) is 4. The van der Waals surface area contributed by atoms with Crippen molar-refractivity contribution in [1.29, 1.82) is 0 Å². The molecule has 0 aromatic heterocycles. The van der Waals surface area contributed by atoms with E-state index in [1.54, 1.807) is 12.1 Å². The molecule has 0 atom stereocenters. The molecular formula is C90H128F12O4. The van der Waals surface area contributed by atoms with Crippen molar-refractivity contribution >= 4 is 0 Å². The monoisotopic (exact) mass is 1500 g/mol. The summed E-state index contributed by atoms with van der Waals surface area (Å²) in [6, 6.07) is 26.1. The SMILES string of the molecule is CCC1CCC(C2CCC(c3ccc(OC(F)(F)F)cc3)CC2)CC1.CCCC1CCC(C2CCC(c3ccc(OC(F)(F)F)cc3)CC2)CC1.CCCCC1CCC(C2CCC(c3ccc(OC(F)(F)F)cc3)CC2)CC1.CCCCCC1CCC(C2CCC(c3ccc(OC(F)(F)F)cc3)CC2)CC1. The van der Waals surface area contributed by atoms with E-state index in [1.807, 2.05) is 36.4 Å². The van der Waals surface area contributed by atoms with Crippen molar-refractivity contribution in [2.24, 2.45) is 71.0 Å². The topological polar surface area (TPSA) is 36.9 Å². The van der Waals surface area contributed by atoms with Gasteiger partial charge in [-0.2, -0.15) is 0 Å². The molecule has 16 heteroatoms. The molecule has 8 fully saturated rings. The third kappa shape index (κ3) is 29.2. The van der Waals surface area contributed by atoms with Crippen molar-refractivity contribution in [3.63, 3.8) is 0 Å². The molecule has 8 aliphatic carbocycles. The van der Waals surface area contributed by atoms with Crippen LogP contribution in [-0.4, -0.2) is 25.4 Å². The van der Waals surface area contributed by atoms with E-state index in [0.717, 1.165) is 106 Å². The number of ether oxygens (including phenoxy) is 4. The van der Waals surface area contributed by atoms with Crippen LogP contribution >= 0.6 is 0 Å². The fraction of sp³-hybridized carbons (Fsp3) is 0.733. The summed E-state index contributed by atoms with van der Waals surface area (Å²) in [5, 5.41) is 0. The first-order valence-electron chi connectivity index (χ1n) is 42.2. The number of halogens is 12. The molecule has 106 heavy (non-hydrogen) atoms. The molecule has 4 nitrogen and oxygen atoms in total. The number of benzene rings is 4. The van der Waals surface area contributed by atoms with E-state index in [-0.39, 0.29) is 23.0 Å². The second-order valence-corrected chi connectivity index (χ2v) is 33.9. The van der Waals surface area contributed by atoms with Crippen molar-refractivity contribution in [2.75, 3.05) is 0 Å². The van der Waals surface area contributed by atoms with Crippen LogP contribution in [0.25, 0.3) is 0 Å². The molecule has 596 valence electrons. The van der Waals surface area contributed by atoms with Crippen molar-refractivity contribution in [3.8, 4) is 23.0 Å². The Hall–Kier alpha value is -4.76. The Bertz CT molecular complexity index is 2990. The van der Waals surface area contributed by atoms with Gasteiger partial charge in [-0.15, -0.1) is 52.7 Å². The molecule has 0 spiro atoms. The summed E-state index contributed by atoms with van der Waals surface area (Å²) in [6.07, 6.45) is 37.3. The van der Waals surface area contributed by atoms with E-state index in [0.29, 0.717) is 23.7 Å². The first-order valence-corrected chi connectivity index (χ1v) is 42.2. The van der Waals surface area contributed by atoms with Gasteiger partial charge >= 0.3 is 25.4 Å². The highest BCUT2D eigenvalue weighted by molar-refractivity contribution is 5.33. The van der Waals surface area contributed by atoms with Gasteiger partial charge in [0, 0.05) is 0 Å². The fourth-order valence-corrected chi connectivity index (χ4v) is 21.0. The highest BCUT2D eigenvalue weighted by atomic mass is 19.4. The molecule has 0 heterocycles. The van der Waals surface area contributed by atoms with Crippen LogP contribution in [0.15, 0.2) is 97.1 Å². The van der Waals surface area contributed by atoms with Gasteiger partial charge in [-0.3, -0.25) is 0 Å². The first kappa shape index (κ1) is 85.2. The van der Waals surface area contributed by atoms with E-state index >= 15 is 0 Å². The predicted octanol–water partition coefficient (Wildman–Crippen LogP) is 30.6. The maximum Gasteiger partial charge on any atom is 0.573 e. The molecule has 0 saturated heterocycles. The van der Waals surface area contributed by atoms with Crippen LogP contribution in [0.5, 0.6) is 23.0 Å². The maximum atomic E-state index is 12.3. The summed E-state index contributed by atoms with van der Waals surface area (Å²) in [5.41, 5.74) is 4.63. The summed E-state index contributed by atoms with van der Waals surface area (Å²) in [4.78, 5) is 0. The van der Waals surface area contributed by atoms with Crippen molar-refractivity contribution in [1.82, 2.24) is 0 Å². The fourth-order valence-electron chi connectivity index (χ4n) is 21.0. The Morgan fingerprint density at radius 2 is 0.425 bits per heavy atom. The molecular weight excluding hydrogens is 1370 g/mol. The zero-order chi connectivity index (χ0) is 75.7. The molecule has 0 radical (unpaired) electrons. The second-order valence-electron chi connectivity index (χ2n) is 33.9. The quantitative estimate of drug-likeness (QED) is 0.0580. The summed E-state index contributed by atoms with van der Waals surface area (Å²) < 4.78 is 163. The van der Waals surface area contributed by atoms with E-state index in [9.17, 15) is 52.7 Å². The van der Waals surface area contributed by atoms with Crippen molar-refractivity contribution in [2.45, 2.75) is 346 Å². The lowest BCUT2D eigenvalue weighted by Gasteiger charge is -2.38. The standard InChI is InChI=1S/C24H35F3O.C23H33F3O.C22H31F3O.C21H29F3O/c1-2-3-4-5-18-6-8-19(9-7-18)20-10-12-21(13-11-20)22-14-16-23(17-15-22)28-24(25,26)27;1-2-3-4-17-5-7-18(8-6-17)19-9-11-20(12-10-19)21-13-15-22(16-14-21)27-23(24,25)26;1-2-3-16-4-6-17(7-5-16)18-8-10-19(11-9-18)20-12-14-21(15-13-20)26-22(23,24)25;1-2-15-3-5-16(6-4-15)17-7-9-18(10-8-17)19-11-13-20(14-12-19)25-21(22,23)24/h14-21H,2-13H2,1H3;13-20H,2-12H2,1H3;12-19H,2-11H2,1H3;11-18H,2-10H2,1H3. The molecule has 0 unspecified atom stereocenters. The Morgan fingerprint density at radius 3 is 0.623 bits per heavy atom. The zero-order valence-electron chi connectivity index (χ0n) is 64.3. The van der Waals surface area contributed by atoms with E-state index in [1.165, 1.54) is 305 Å². The van der Waals surface area contributed by atoms with Crippen LogP contribution in [0.4, 0.5) is 52.7 Å². The predicted molar refractivity (Wildman–Crippen MR) is 402 cm³/mol. The van der Waals surface area contributed by atoms with Crippen LogP contribution in [0.1, 0.15) is 343 Å². The molecule has 8 saturated carbocycles. The molecule has 0 bridgehead atoms. The highest BCUT2D eigenvalue weighted by Crippen LogP contribution is 2.50. The van der Waals surface area contributed by atoms with Crippen LogP contribution in [0.2, 0.25) is 0 Å². The average molecular weight is 1500 g/mol. The summed E-state index contributed by atoms with van der Waals surface area (Å²) in [5.74, 6) is 12.4. The van der Waals surface area contributed by atoms with E-state index < -0.39 is 25.4 Å². The maximum absolute atomic E-state index is 12.3. The Kier molecular flexibility index (Phi) is 33.8. The van der Waals surface area contributed by atoms with E-state index in [2.05, 4.69) is 46.6 Å². The average Bonchev–Trinajstić information content (AvgIpc) is 0.843. The number of rotatable bonds is 22.